The van der Waals surface area contributed by atoms with Gasteiger partial charge in [0.25, 0.3) is 0 Å². The van der Waals surface area contributed by atoms with Crippen LogP contribution in [0.4, 0.5) is 0 Å². The van der Waals surface area contributed by atoms with Crippen LogP contribution in [0.2, 0.25) is 0 Å². The van der Waals surface area contributed by atoms with Crippen molar-refractivity contribution in [2.75, 3.05) is 0 Å². The second-order valence-electron chi connectivity index (χ2n) is 3.23. The first-order valence-corrected chi connectivity index (χ1v) is 5.73. The zero-order valence-corrected chi connectivity index (χ0v) is 13.6. The minimum Gasteiger partial charge on any atom is -1.00 e. The molecule has 0 bridgehead atoms. The Kier molecular flexibility index (Phi) is 23.9. The zero-order valence-electron chi connectivity index (χ0n) is 11.3. The van der Waals surface area contributed by atoms with E-state index in [0.29, 0.717) is 0 Å². The summed E-state index contributed by atoms with van der Waals surface area (Å²) in [6.07, 6.45) is 11.2. The van der Waals surface area contributed by atoms with E-state index in [1.807, 2.05) is 91.8 Å². The number of pyridine rings is 3. The molecule has 3 aromatic rings. The first-order valence-electron chi connectivity index (χ1n) is 5.73. The van der Waals surface area contributed by atoms with Gasteiger partial charge in [0.05, 0.1) is 0 Å². The standard InChI is InChI=1S/3C5H5N.3ClH/c3*1-2-4-6-5-3-1;;;/h3*1-5H;3*1H. The fourth-order valence-electron chi connectivity index (χ4n) is 1.03. The summed E-state index contributed by atoms with van der Waals surface area (Å²) in [4.78, 5) is 8.68. The molecule has 6 heteroatoms. The molecule has 3 rings (SSSR count). The maximum absolute atomic E-state index is 2.89. The minimum atomic E-state index is 0. The molecular weight excluding hydrogens is 329 g/mol. The summed E-state index contributed by atoms with van der Waals surface area (Å²) >= 11 is 0. The molecule has 0 aliphatic heterocycles. The molecule has 3 nitrogen and oxygen atoms in total. The van der Waals surface area contributed by atoms with Gasteiger partial charge in [-0.3, -0.25) is 0 Å². The van der Waals surface area contributed by atoms with Gasteiger partial charge in [0.15, 0.2) is 37.2 Å². The number of aromatic amines is 3. The Bertz CT molecular complexity index is 315. The van der Waals surface area contributed by atoms with Crippen molar-refractivity contribution in [2.45, 2.75) is 0 Å². The van der Waals surface area contributed by atoms with Crippen molar-refractivity contribution in [1.82, 2.24) is 0 Å². The maximum atomic E-state index is 2.89. The highest BCUT2D eigenvalue weighted by atomic mass is 35.5. The van der Waals surface area contributed by atoms with Crippen LogP contribution in [-0.4, -0.2) is 0 Å². The van der Waals surface area contributed by atoms with Gasteiger partial charge in [-0.05, 0) is 0 Å². The van der Waals surface area contributed by atoms with Gasteiger partial charge in [0, 0.05) is 36.4 Å². The summed E-state index contributed by atoms with van der Waals surface area (Å²) in [5, 5.41) is 0. The third-order valence-corrected chi connectivity index (χ3v) is 1.82. The van der Waals surface area contributed by atoms with Crippen molar-refractivity contribution in [1.29, 1.82) is 0 Å². The second kappa shape index (κ2) is 20.6. The van der Waals surface area contributed by atoms with Gasteiger partial charge in [-0.25, -0.2) is 15.0 Å². The van der Waals surface area contributed by atoms with E-state index in [4.69, 9.17) is 0 Å². The van der Waals surface area contributed by atoms with Crippen molar-refractivity contribution in [3.8, 4) is 0 Å². The average molecular weight is 347 g/mol. The molecule has 21 heavy (non-hydrogen) atoms. The molecule has 0 radical (unpaired) electrons. The van der Waals surface area contributed by atoms with Crippen molar-refractivity contribution in [3.05, 3.63) is 91.8 Å². The van der Waals surface area contributed by atoms with Crippen LogP contribution in [-0.2, 0) is 0 Å². The predicted molar refractivity (Wildman–Crippen MR) is 69.0 cm³/mol. The monoisotopic (exact) mass is 345 g/mol. The molecule has 0 amide bonds. The molecule has 3 aromatic heterocycles. The summed E-state index contributed by atoms with van der Waals surface area (Å²) in [6, 6.07) is 17.6. The maximum Gasteiger partial charge on any atom is 0.166 e. The van der Waals surface area contributed by atoms with Gasteiger partial charge in [-0.2, -0.15) is 0 Å². The van der Waals surface area contributed by atoms with E-state index in [1.165, 1.54) is 0 Å². The lowest BCUT2D eigenvalue weighted by atomic mass is 10.5. The van der Waals surface area contributed by atoms with E-state index in [-0.39, 0.29) is 37.2 Å². The normalized spacial score (nSPS) is 6.86. The Morgan fingerprint density at radius 2 is 0.476 bits per heavy atom. The summed E-state index contributed by atoms with van der Waals surface area (Å²) in [7, 11) is 0. The van der Waals surface area contributed by atoms with E-state index in [2.05, 4.69) is 15.0 Å². The Hall–Kier alpha value is -1.68. The van der Waals surface area contributed by atoms with Gasteiger partial charge in [0.1, 0.15) is 0 Å². The van der Waals surface area contributed by atoms with Crippen LogP contribution in [0.3, 0.4) is 0 Å². The summed E-state index contributed by atoms with van der Waals surface area (Å²) in [5.41, 5.74) is 0. The number of halogens is 3. The van der Waals surface area contributed by atoms with Crippen LogP contribution in [0.25, 0.3) is 0 Å². The largest absolute Gasteiger partial charge is 1.00 e. The Morgan fingerprint density at radius 1 is 0.286 bits per heavy atom. The smallest absolute Gasteiger partial charge is 0.166 e. The molecule has 0 aliphatic rings. The highest BCUT2D eigenvalue weighted by molar-refractivity contribution is 4.83. The Labute approximate surface area is 144 Å². The number of H-pyrrole nitrogens is 3. The van der Waals surface area contributed by atoms with Crippen molar-refractivity contribution < 1.29 is 52.2 Å². The highest BCUT2D eigenvalue weighted by Crippen LogP contribution is 1.69. The molecule has 0 aliphatic carbocycles. The van der Waals surface area contributed by atoms with E-state index >= 15 is 0 Å². The van der Waals surface area contributed by atoms with Crippen molar-refractivity contribution >= 4 is 0 Å². The quantitative estimate of drug-likeness (QED) is 0.388. The van der Waals surface area contributed by atoms with E-state index < -0.39 is 0 Å². The first-order chi connectivity index (χ1) is 9.00. The van der Waals surface area contributed by atoms with E-state index in [0.717, 1.165) is 0 Å². The molecule has 0 saturated carbocycles. The molecule has 0 aromatic carbocycles. The number of rotatable bonds is 0. The lowest BCUT2D eigenvalue weighted by Crippen LogP contribution is -3.00. The summed E-state index contributed by atoms with van der Waals surface area (Å²) in [6.45, 7) is 0. The SMILES string of the molecule is [Cl-].[Cl-].[Cl-].c1cc[nH+]cc1.c1cc[nH+]cc1.c1cc[nH+]cc1. The lowest BCUT2D eigenvalue weighted by molar-refractivity contribution is -0.378. The molecule has 3 heterocycles. The van der Waals surface area contributed by atoms with Crippen LogP contribution in [0, 0.1) is 0 Å². The van der Waals surface area contributed by atoms with E-state index in [1.54, 1.807) is 0 Å². The Morgan fingerprint density at radius 3 is 0.524 bits per heavy atom. The van der Waals surface area contributed by atoms with Gasteiger partial charge >= 0.3 is 0 Å². The van der Waals surface area contributed by atoms with Crippen LogP contribution >= 0.6 is 0 Å². The van der Waals surface area contributed by atoms with Gasteiger partial charge in [0.2, 0.25) is 0 Å². The third-order valence-electron chi connectivity index (χ3n) is 1.82. The fraction of sp³-hybridized carbons (Fsp3) is 0. The number of nitrogens with one attached hydrogen (secondary N) is 3. The van der Waals surface area contributed by atoms with Gasteiger partial charge in [-0.1, -0.05) is 18.2 Å². The topological polar surface area (TPSA) is 42.4 Å². The van der Waals surface area contributed by atoms with Crippen molar-refractivity contribution in [2.24, 2.45) is 0 Å². The van der Waals surface area contributed by atoms with Gasteiger partial charge in [-0.15, -0.1) is 0 Å². The molecule has 3 N–H and O–H groups in total. The van der Waals surface area contributed by atoms with Crippen LogP contribution in [0.1, 0.15) is 0 Å². The van der Waals surface area contributed by atoms with Crippen LogP contribution < -0.4 is 52.2 Å². The van der Waals surface area contributed by atoms with Crippen LogP contribution in [0.5, 0.6) is 0 Å². The molecule has 0 unspecified atom stereocenters. The number of hydrogen-bond acceptors (Lipinski definition) is 0. The third kappa shape index (κ3) is 18.3. The average Bonchev–Trinajstić information content (AvgIpc) is 2.54. The van der Waals surface area contributed by atoms with Gasteiger partial charge < -0.3 is 37.2 Å². The lowest BCUT2D eigenvalue weighted by Gasteiger charge is -1.63. The second-order valence-corrected chi connectivity index (χ2v) is 3.23. The van der Waals surface area contributed by atoms with Crippen molar-refractivity contribution in [3.63, 3.8) is 0 Å². The number of aromatic nitrogens is 3. The fourth-order valence-corrected chi connectivity index (χ4v) is 1.03. The van der Waals surface area contributed by atoms with Crippen LogP contribution in [0.15, 0.2) is 91.8 Å². The zero-order chi connectivity index (χ0) is 12.7. The molecule has 0 atom stereocenters. The Balaban J connectivity index is -0.000000216. The molecule has 0 fully saturated rings. The molecular formula is C15H18Cl3N3. The summed E-state index contributed by atoms with van der Waals surface area (Å²) < 4.78 is 0. The predicted octanol–water partition coefficient (Wildman–Crippen LogP) is -7.49. The first kappa shape index (κ1) is 24.3. The molecule has 114 valence electrons. The summed E-state index contributed by atoms with van der Waals surface area (Å²) in [5.74, 6) is 0. The minimum absolute atomic E-state index is 0. The van der Waals surface area contributed by atoms with E-state index in [9.17, 15) is 0 Å². The molecule has 0 spiro atoms. The molecule has 0 saturated heterocycles. The highest BCUT2D eigenvalue weighted by Gasteiger charge is 1.67. The number of hydrogen-bond donors (Lipinski definition) is 0.